The summed E-state index contributed by atoms with van der Waals surface area (Å²) >= 11 is 0. The molecule has 24 heavy (non-hydrogen) atoms. The number of aliphatic hydroxyl groups excluding tert-OH is 1. The van der Waals surface area contributed by atoms with E-state index in [4.69, 9.17) is 5.11 Å². The predicted octanol–water partition coefficient (Wildman–Crippen LogP) is 1.84. The van der Waals surface area contributed by atoms with Gasteiger partial charge in [0.25, 0.3) is 0 Å². The van der Waals surface area contributed by atoms with Crippen LogP contribution in [-0.4, -0.2) is 36.1 Å². The molecule has 0 aliphatic heterocycles. The quantitative estimate of drug-likeness (QED) is 0.621. The normalized spacial score (nSPS) is 35.1. The number of carbonyl (C=O) groups is 2. The van der Waals surface area contributed by atoms with Crippen molar-refractivity contribution in [3.8, 4) is 0 Å². The molecule has 136 valence electrons. The first-order chi connectivity index (χ1) is 11.4. The van der Waals surface area contributed by atoms with Gasteiger partial charge in [-0.1, -0.05) is 13.8 Å². The Bertz CT molecular complexity index is 454. The topological polar surface area (TPSA) is 78.4 Å². The Hall–Kier alpha value is -1.10. The molecule has 0 saturated heterocycles. The van der Waals surface area contributed by atoms with E-state index in [9.17, 15) is 9.59 Å². The van der Waals surface area contributed by atoms with Gasteiger partial charge in [0.15, 0.2) is 0 Å². The zero-order chi connectivity index (χ0) is 17.3. The van der Waals surface area contributed by atoms with Crippen LogP contribution in [0.15, 0.2) is 0 Å². The van der Waals surface area contributed by atoms with Crippen molar-refractivity contribution in [2.45, 2.75) is 64.8 Å². The molecule has 4 aliphatic carbocycles. The Morgan fingerprint density at radius 3 is 2.08 bits per heavy atom. The molecule has 3 N–H and O–H groups in total. The van der Waals surface area contributed by atoms with Gasteiger partial charge in [-0.3, -0.25) is 9.59 Å². The summed E-state index contributed by atoms with van der Waals surface area (Å²) in [5.41, 5.74) is -0.215. The summed E-state index contributed by atoms with van der Waals surface area (Å²) in [6.07, 6.45) is 7.51. The number of hydrogen-bond donors (Lipinski definition) is 3. The average Bonchev–Trinajstić information content (AvgIpc) is 2.50. The van der Waals surface area contributed by atoms with Crippen LogP contribution in [0, 0.1) is 29.1 Å². The molecule has 1 atom stereocenters. The lowest BCUT2D eigenvalue weighted by Gasteiger charge is -2.55. The summed E-state index contributed by atoms with van der Waals surface area (Å²) in [6, 6.07) is -0.482. The molecule has 0 unspecified atom stereocenters. The Balaban J connectivity index is 1.64. The van der Waals surface area contributed by atoms with Crippen molar-refractivity contribution in [3.63, 3.8) is 0 Å². The van der Waals surface area contributed by atoms with Crippen molar-refractivity contribution in [2.24, 2.45) is 29.1 Å². The van der Waals surface area contributed by atoms with Crippen molar-refractivity contribution in [2.75, 3.05) is 13.2 Å². The lowest BCUT2D eigenvalue weighted by atomic mass is 9.49. The maximum Gasteiger partial charge on any atom is 0.242 e. The van der Waals surface area contributed by atoms with Gasteiger partial charge in [0, 0.05) is 18.6 Å². The average molecular weight is 336 g/mol. The molecule has 0 aromatic rings. The van der Waals surface area contributed by atoms with E-state index in [1.165, 1.54) is 19.3 Å². The van der Waals surface area contributed by atoms with Gasteiger partial charge in [-0.2, -0.15) is 0 Å². The molecule has 0 aromatic heterocycles. The molecule has 0 heterocycles. The molecule has 0 aromatic carbocycles. The minimum Gasteiger partial charge on any atom is -0.396 e. The van der Waals surface area contributed by atoms with Gasteiger partial charge in [0.1, 0.15) is 6.04 Å². The van der Waals surface area contributed by atoms with Crippen LogP contribution in [0.4, 0.5) is 0 Å². The SMILES string of the molecule is CC(C)[C@H](NC(=O)C12CC3CC(CC(C3)C1)C2)C(=O)NCCCO. The molecule has 4 bridgehead atoms. The first-order valence-corrected chi connectivity index (χ1v) is 9.63. The fourth-order valence-electron chi connectivity index (χ4n) is 5.62. The van der Waals surface area contributed by atoms with Gasteiger partial charge in [0.05, 0.1) is 0 Å². The molecule has 0 radical (unpaired) electrons. The Morgan fingerprint density at radius 2 is 1.62 bits per heavy atom. The van der Waals surface area contributed by atoms with Gasteiger partial charge in [0.2, 0.25) is 11.8 Å². The third-order valence-electron chi connectivity index (χ3n) is 6.39. The molecule has 2 amide bonds. The van der Waals surface area contributed by atoms with Crippen molar-refractivity contribution in [1.29, 1.82) is 0 Å². The third-order valence-corrected chi connectivity index (χ3v) is 6.39. The van der Waals surface area contributed by atoms with E-state index >= 15 is 0 Å². The van der Waals surface area contributed by atoms with Gasteiger partial charge in [-0.25, -0.2) is 0 Å². The minimum absolute atomic E-state index is 0.0528. The Kier molecular flexibility index (Phi) is 5.19. The molecule has 4 fully saturated rings. The van der Waals surface area contributed by atoms with Crippen LogP contribution in [0.5, 0.6) is 0 Å². The van der Waals surface area contributed by atoms with Crippen molar-refractivity contribution < 1.29 is 14.7 Å². The highest BCUT2D eigenvalue weighted by molar-refractivity contribution is 5.90. The maximum atomic E-state index is 13.1. The third kappa shape index (κ3) is 3.46. The summed E-state index contributed by atoms with van der Waals surface area (Å²) in [6.45, 7) is 4.45. The number of carbonyl (C=O) groups excluding carboxylic acids is 2. The fourth-order valence-corrected chi connectivity index (χ4v) is 5.62. The van der Waals surface area contributed by atoms with E-state index in [0.29, 0.717) is 13.0 Å². The highest BCUT2D eigenvalue weighted by Gasteiger charge is 2.55. The van der Waals surface area contributed by atoms with E-state index in [-0.39, 0.29) is 29.8 Å². The van der Waals surface area contributed by atoms with Crippen molar-refractivity contribution >= 4 is 11.8 Å². The lowest BCUT2D eigenvalue weighted by molar-refractivity contribution is -0.149. The molecular formula is C19H32N2O3. The lowest BCUT2D eigenvalue weighted by Crippen LogP contribution is -2.58. The zero-order valence-electron chi connectivity index (χ0n) is 15.0. The summed E-state index contributed by atoms with van der Waals surface area (Å²) in [5.74, 6) is 2.19. The predicted molar refractivity (Wildman–Crippen MR) is 92.1 cm³/mol. The number of nitrogens with one attached hydrogen (secondary N) is 2. The second kappa shape index (κ2) is 7.03. The second-order valence-corrected chi connectivity index (χ2v) is 8.76. The van der Waals surface area contributed by atoms with Crippen LogP contribution in [0.3, 0.4) is 0 Å². The van der Waals surface area contributed by atoms with Gasteiger partial charge in [-0.05, 0) is 68.6 Å². The second-order valence-electron chi connectivity index (χ2n) is 8.76. The van der Waals surface area contributed by atoms with Gasteiger partial charge < -0.3 is 15.7 Å². The zero-order valence-corrected chi connectivity index (χ0v) is 15.0. The van der Waals surface area contributed by atoms with Gasteiger partial charge in [-0.15, -0.1) is 0 Å². The van der Waals surface area contributed by atoms with E-state index in [1.54, 1.807) is 0 Å². The number of amides is 2. The van der Waals surface area contributed by atoms with Gasteiger partial charge >= 0.3 is 0 Å². The van der Waals surface area contributed by atoms with Crippen LogP contribution in [0.1, 0.15) is 58.8 Å². The highest BCUT2D eigenvalue weighted by atomic mass is 16.3. The number of aliphatic hydroxyl groups is 1. The number of hydrogen-bond acceptors (Lipinski definition) is 3. The molecule has 5 nitrogen and oxygen atoms in total. The van der Waals surface area contributed by atoms with Crippen molar-refractivity contribution in [3.05, 3.63) is 0 Å². The van der Waals surface area contributed by atoms with Crippen LogP contribution in [0.2, 0.25) is 0 Å². The Labute approximate surface area is 145 Å². The van der Waals surface area contributed by atoms with E-state index in [0.717, 1.165) is 37.0 Å². The first-order valence-electron chi connectivity index (χ1n) is 9.63. The summed E-state index contributed by atoms with van der Waals surface area (Å²) in [7, 11) is 0. The van der Waals surface area contributed by atoms with Crippen LogP contribution in [0.25, 0.3) is 0 Å². The van der Waals surface area contributed by atoms with E-state index < -0.39 is 6.04 Å². The largest absolute Gasteiger partial charge is 0.396 e. The molecule has 4 aliphatic rings. The molecule has 5 heteroatoms. The highest BCUT2D eigenvalue weighted by Crippen LogP contribution is 2.60. The van der Waals surface area contributed by atoms with Crippen LogP contribution < -0.4 is 10.6 Å². The summed E-state index contributed by atoms with van der Waals surface area (Å²) in [5, 5.41) is 14.8. The van der Waals surface area contributed by atoms with Crippen LogP contribution in [-0.2, 0) is 9.59 Å². The summed E-state index contributed by atoms with van der Waals surface area (Å²) in [4.78, 5) is 25.5. The summed E-state index contributed by atoms with van der Waals surface area (Å²) < 4.78 is 0. The molecule has 4 saturated carbocycles. The van der Waals surface area contributed by atoms with Crippen LogP contribution >= 0.6 is 0 Å². The monoisotopic (exact) mass is 336 g/mol. The minimum atomic E-state index is -0.482. The number of rotatable bonds is 7. The molecular weight excluding hydrogens is 304 g/mol. The smallest absolute Gasteiger partial charge is 0.242 e. The molecule has 0 spiro atoms. The standard InChI is InChI=1S/C19H32N2O3/c1-12(2)16(17(23)20-4-3-5-22)21-18(24)19-9-13-6-14(10-19)8-15(7-13)11-19/h12-16,22H,3-11H2,1-2H3,(H,20,23)(H,21,24)/t13?,14?,15?,16-,19?/m0/s1. The fraction of sp³-hybridized carbons (Fsp3) is 0.895. The first kappa shape index (κ1) is 17.7. The Morgan fingerprint density at radius 1 is 1.08 bits per heavy atom. The van der Waals surface area contributed by atoms with Crippen molar-refractivity contribution in [1.82, 2.24) is 10.6 Å². The van der Waals surface area contributed by atoms with E-state index in [1.807, 2.05) is 13.8 Å². The molecule has 4 rings (SSSR count). The van der Waals surface area contributed by atoms with E-state index in [2.05, 4.69) is 10.6 Å². The maximum absolute atomic E-state index is 13.1.